The molecule has 1 aliphatic heterocycles. The van der Waals surface area contributed by atoms with Crippen LogP contribution in [-0.4, -0.2) is 32.8 Å². The van der Waals surface area contributed by atoms with Crippen LogP contribution in [-0.2, 0) is 6.54 Å². The van der Waals surface area contributed by atoms with Gasteiger partial charge in [-0.1, -0.05) is 36.8 Å². The van der Waals surface area contributed by atoms with Crippen molar-refractivity contribution in [2.75, 3.05) is 13.1 Å². The number of aromatic nitrogens is 3. The minimum atomic E-state index is 0.349. The third-order valence-corrected chi connectivity index (χ3v) is 4.13. The molecule has 0 N–H and O–H groups in total. The van der Waals surface area contributed by atoms with Crippen molar-refractivity contribution in [3.8, 4) is 0 Å². The molecule has 2 aromatic rings. The lowest BCUT2D eigenvalue weighted by Crippen LogP contribution is -2.33. The predicted octanol–water partition coefficient (Wildman–Crippen LogP) is 2.87. The number of likely N-dealkylation sites (tertiary alicyclic amines) is 1. The fourth-order valence-electron chi connectivity index (χ4n) is 2.94. The maximum atomic E-state index is 4.50. The zero-order valence-electron chi connectivity index (χ0n) is 12.1. The largest absolute Gasteiger partial charge is 0.294 e. The Kier molecular flexibility index (Phi) is 4.11. The molecule has 0 bridgehead atoms. The van der Waals surface area contributed by atoms with E-state index in [4.69, 9.17) is 0 Å². The van der Waals surface area contributed by atoms with Crippen molar-refractivity contribution in [1.29, 1.82) is 0 Å². The van der Waals surface area contributed by atoms with Crippen LogP contribution in [0.2, 0.25) is 0 Å². The van der Waals surface area contributed by atoms with E-state index in [1.54, 1.807) is 6.33 Å². The summed E-state index contributed by atoms with van der Waals surface area (Å²) < 4.78 is 2.04. The molecule has 0 amide bonds. The van der Waals surface area contributed by atoms with Gasteiger partial charge in [-0.05, 0) is 38.4 Å². The Morgan fingerprint density at radius 3 is 2.60 bits per heavy atom. The number of hydrogen-bond acceptors (Lipinski definition) is 3. The first kappa shape index (κ1) is 13.3. The third-order valence-electron chi connectivity index (χ3n) is 4.13. The van der Waals surface area contributed by atoms with E-state index in [9.17, 15) is 0 Å². The van der Waals surface area contributed by atoms with Crippen LogP contribution in [0.5, 0.6) is 0 Å². The van der Waals surface area contributed by atoms with Gasteiger partial charge in [0, 0.05) is 0 Å². The van der Waals surface area contributed by atoms with Crippen LogP contribution in [0.4, 0.5) is 0 Å². The van der Waals surface area contributed by atoms with E-state index < -0.39 is 0 Å². The maximum absolute atomic E-state index is 4.50. The van der Waals surface area contributed by atoms with Crippen LogP contribution in [0.1, 0.15) is 43.6 Å². The molecule has 0 saturated carbocycles. The molecule has 4 nitrogen and oxygen atoms in total. The average Bonchev–Trinajstić information content (AvgIpc) is 2.96. The van der Waals surface area contributed by atoms with Crippen molar-refractivity contribution in [3.63, 3.8) is 0 Å². The molecule has 1 aliphatic rings. The Hall–Kier alpha value is -1.68. The number of nitrogens with zero attached hydrogens (tertiary/aromatic N) is 4. The Bertz CT molecular complexity index is 528. The fraction of sp³-hybridized carbons (Fsp3) is 0.500. The summed E-state index contributed by atoms with van der Waals surface area (Å²) in [4.78, 5) is 7.02. The van der Waals surface area contributed by atoms with Crippen LogP contribution >= 0.6 is 0 Å². The first-order valence-corrected chi connectivity index (χ1v) is 7.50. The number of rotatable bonds is 4. The van der Waals surface area contributed by atoms with Crippen LogP contribution in [0.25, 0.3) is 0 Å². The molecule has 1 fully saturated rings. The van der Waals surface area contributed by atoms with E-state index in [1.165, 1.54) is 37.9 Å². The highest BCUT2D eigenvalue weighted by Crippen LogP contribution is 2.22. The molecule has 20 heavy (non-hydrogen) atoms. The van der Waals surface area contributed by atoms with Gasteiger partial charge in [-0.2, -0.15) is 5.10 Å². The summed E-state index contributed by atoms with van der Waals surface area (Å²) in [7, 11) is 0. The van der Waals surface area contributed by atoms with E-state index in [2.05, 4.69) is 46.2 Å². The summed E-state index contributed by atoms with van der Waals surface area (Å²) in [6, 6.07) is 10.8. The molecule has 1 aromatic heterocycles. The lowest BCUT2D eigenvalue weighted by Gasteiger charge is -2.31. The molecular weight excluding hydrogens is 248 g/mol. The lowest BCUT2D eigenvalue weighted by molar-refractivity contribution is 0.165. The number of piperidine rings is 1. The quantitative estimate of drug-likeness (QED) is 0.856. The van der Waals surface area contributed by atoms with E-state index in [-0.39, 0.29) is 0 Å². The van der Waals surface area contributed by atoms with Gasteiger partial charge in [0.1, 0.15) is 12.2 Å². The van der Waals surface area contributed by atoms with Gasteiger partial charge in [0.25, 0.3) is 0 Å². The number of benzene rings is 1. The highest BCUT2D eigenvalue weighted by atomic mass is 15.4. The first-order valence-electron chi connectivity index (χ1n) is 7.50. The summed E-state index contributed by atoms with van der Waals surface area (Å²) in [5.41, 5.74) is 1.27. The summed E-state index contributed by atoms with van der Waals surface area (Å²) in [5.74, 6) is 1.08. The molecule has 1 atom stereocenters. The molecule has 0 radical (unpaired) electrons. The van der Waals surface area contributed by atoms with Gasteiger partial charge in [0.15, 0.2) is 0 Å². The second kappa shape index (κ2) is 6.18. The van der Waals surface area contributed by atoms with Crippen molar-refractivity contribution in [1.82, 2.24) is 19.7 Å². The zero-order valence-corrected chi connectivity index (χ0v) is 12.1. The molecule has 0 aliphatic carbocycles. The van der Waals surface area contributed by atoms with Crippen molar-refractivity contribution >= 4 is 0 Å². The summed E-state index contributed by atoms with van der Waals surface area (Å²) in [6.07, 6.45) is 5.65. The van der Waals surface area contributed by atoms with Crippen molar-refractivity contribution in [3.05, 3.63) is 48.0 Å². The third kappa shape index (κ3) is 2.90. The molecule has 4 heteroatoms. The van der Waals surface area contributed by atoms with E-state index in [0.717, 1.165) is 12.4 Å². The van der Waals surface area contributed by atoms with E-state index >= 15 is 0 Å². The van der Waals surface area contributed by atoms with Gasteiger partial charge in [0.2, 0.25) is 0 Å². The molecular formula is C16H22N4. The highest BCUT2D eigenvalue weighted by Gasteiger charge is 2.22. The van der Waals surface area contributed by atoms with Crippen molar-refractivity contribution in [2.45, 2.75) is 38.8 Å². The minimum absolute atomic E-state index is 0.349. The summed E-state index contributed by atoms with van der Waals surface area (Å²) >= 11 is 0. The van der Waals surface area contributed by atoms with Gasteiger partial charge < -0.3 is 0 Å². The maximum Gasteiger partial charge on any atom is 0.144 e. The number of hydrogen-bond donors (Lipinski definition) is 0. The molecule has 3 rings (SSSR count). The van der Waals surface area contributed by atoms with Gasteiger partial charge in [-0.25, -0.2) is 9.67 Å². The SMILES string of the molecule is C[C@@H](c1ncnn1Cc1ccccc1)N1CCCCC1. The molecule has 1 saturated heterocycles. The Morgan fingerprint density at radius 1 is 1.10 bits per heavy atom. The van der Waals surface area contributed by atoms with Crippen LogP contribution in [0.3, 0.4) is 0 Å². The van der Waals surface area contributed by atoms with Crippen LogP contribution < -0.4 is 0 Å². The first-order chi connectivity index (χ1) is 9.84. The zero-order chi connectivity index (χ0) is 13.8. The Labute approximate surface area is 120 Å². The van der Waals surface area contributed by atoms with Gasteiger partial charge in [0.05, 0.1) is 12.6 Å². The van der Waals surface area contributed by atoms with Crippen molar-refractivity contribution < 1.29 is 0 Å². The highest BCUT2D eigenvalue weighted by molar-refractivity contribution is 5.15. The van der Waals surface area contributed by atoms with Gasteiger partial charge in [-0.15, -0.1) is 0 Å². The second-order valence-electron chi connectivity index (χ2n) is 5.53. The monoisotopic (exact) mass is 270 g/mol. The molecule has 0 unspecified atom stereocenters. The molecule has 1 aromatic carbocycles. The lowest BCUT2D eigenvalue weighted by atomic mass is 10.1. The molecule has 106 valence electrons. The molecule has 0 spiro atoms. The minimum Gasteiger partial charge on any atom is -0.294 e. The summed E-state index contributed by atoms with van der Waals surface area (Å²) in [6.45, 7) is 5.41. The normalized spacial score (nSPS) is 18.1. The average molecular weight is 270 g/mol. The second-order valence-corrected chi connectivity index (χ2v) is 5.53. The topological polar surface area (TPSA) is 34.0 Å². The molecule has 2 heterocycles. The summed E-state index contributed by atoms with van der Waals surface area (Å²) in [5, 5.41) is 4.41. The van der Waals surface area contributed by atoms with Crippen LogP contribution in [0.15, 0.2) is 36.7 Å². The van der Waals surface area contributed by atoms with Crippen molar-refractivity contribution in [2.24, 2.45) is 0 Å². The van der Waals surface area contributed by atoms with Crippen LogP contribution in [0, 0.1) is 0 Å². The van der Waals surface area contributed by atoms with E-state index in [1.807, 2.05) is 10.7 Å². The van der Waals surface area contributed by atoms with Gasteiger partial charge in [-0.3, -0.25) is 4.90 Å². The van der Waals surface area contributed by atoms with E-state index in [0.29, 0.717) is 6.04 Å². The van der Waals surface area contributed by atoms with Gasteiger partial charge >= 0.3 is 0 Å². The smallest absolute Gasteiger partial charge is 0.144 e. The standard InChI is InChI=1S/C16H22N4/c1-14(19-10-6-3-7-11-19)16-17-13-18-20(16)12-15-8-4-2-5-9-15/h2,4-5,8-9,13-14H,3,6-7,10-12H2,1H3/t14-/m0/s1. The Morgan fingerprint density at radius 2 is 1.85 bits per heavy atom. The Balaban J connectivity index is 1.75. The fourth-order valence-corrected chi connectivity index (χ4v) is 2.94. The predicted molar refractivity (Wildman–Crippen MR) is 79.4 cm³/mol.